The molecule has 1 aliphatic heterocycles. The van der Waals surface area contributed by atoms with Crippen molar-refractivity contribution in [1.29, 1.82) is 0 Å². The molecule has 2 atom stereocenters. The number of nitrogens with zero attached hydrogens (tertiary/aromatic N) is 1. The molecule has 2 N–H and O–H groups in total. The highest BCUT2D eigenvalue weighted by Gasteiger charge is 2.35. The van der Waals surface area contributed by atoms with Gasteiger partial charge in [0, 0.05) is 26.2 Å². The molecule has 16 heavy (non-hydrogen) atoms. The lowest BCUT2D eigenvalue weighted by atomic mass is 10.1. The maximum Gasteiger partial charge on any atom is 0.225 e. The summed E-state index contributed by atoms with van der Waals surface area (Å²) >= 11 is 0. The molecule has 1 saturated heterocycles. The number of amides is 1. The van der Waals surface area contributed by atoms with Crippen molar-refractivity contribution < 1.29 is 9.53 Å². The first-order valence-corrected chi connectivity index (χ1v) is 6.29. The summed E-state index contributed by atoms with van der Waals surface area (Å²) in [4.78, 5) is 13.9. The maximum absolute atomic E-state index is 12.0. The molecule has 0 radical (unpaired) electrons. The van der Waals surface area contributed by atoms with E-state index < -0.39 is 0 Å². The second-order valence-corrected chi connectivity index (χ2v) is 4.98. The van der Waals surface area contributed by atoms with Crippen molar-refractivity contribution in [2.45, 2.75) is 44.2 Å². The van der Waals surface area contributed by atoms with Crippen LogP contribution in [0.2, 0.25) is 0 Å². The van der Waals surface area contributed by atoms with E-state index in [0.29, 0.717) is 18.9 Å². The van der Waals surface area contributed by atoms with Crippen LogP contribution in [0.5, 0.6) is 0 Å². The lowest BCUT2D eigenvalue weighted by Gasteiger charge is -2.28. The fraction of sp³-hybridized carbons (Fsp3) is 0.917. The fourth-order valence-electron chi connectivity index (χ4n) is 2.48. The van der Waals surface area contributed by atoms with E-state index in [1.54, 1.807) is 0 Å². The molecule has 4 nitrogen and oxygen atoms in total. The van der Waals surface area contributed by atoms with E-state index in [9.17, 15) is 4.79 Å². The highest BCUT2D eigenvalue weighted by atomic mass is 16.5. The van der Waals surface area contributed by atoms with Crippen molar-refractivity contribution in [2.24, 2.45) is 11.7 Å². The van der Waals surface area contributed by atoms with Crippen molar-refractivity contribution >= 4 is 5.91 Å². The summed E-state index contributed by atoms with van der Waals surface area (Å²) in [7, 11) is 1.88. The molecule has 1 saturated carbocycles. The Balaban J connectivity index is 1.82. The van der Waals surface area contributed by atoms with Crippen LogP contribution < -0.4 is 5.73 Å². The summed E-state index contributed by atoms with van der Waals surface area (Å²) in [5.74, 6) is 0.831. The minimum Gasteiger partial charge on any atom is -0.378 e. The Morgan fingerprint density at radius 3 is 2.75 bits per heavy atom. The average Bonchev–Trinajstić information content (AvgIpc) is 2.97. The third-order valence-corrected chi connectivity index (χ3v) is 3.72. The lowest BCUT2D eigenvalue weighted by molar-refractivity contribution is -0.134. The highest BCUT2D eigenvalue weighted by molar-refractivity contribution is 5.76. The van der Waals surface area contributed by atoms with Crippen LogP contribution in [0, 0.1) is 5.92 Å². The topological polar surface area (TPSA) is 55.6 Å². The van der Waals surface area contributed by atoms with Crippen LogP contribution in [0.4, 0.5) is 0 Å². The lowest BCUT2D eigenvalue weighted by Crippen LogP contribution is -2.44. The second kappa shape index (κ2) is 5.15. The quantitative estimate of drug-likeness (QED) is 0.752. The summed E-state index contributed by atoms with van der Waals surface area (Å²) in [6, 6.07) is 0.244. The first-order valence-electron chi connectivity index (χ1n) is 6.29. The van der Waals surface area contributed by atoms with Gasteiger partial charge in [-0.15, -0.1) is 0 Å². The number of carbonyl (C=O) groups excluding carboxylic acids is 1. The van der Waals surface area contributed by atoms with E-state index >= 15 is 0 Å². The van der Waals surface area contributed by atoms with Crippen molar-refractivity contribution in [2.75, 3.05) is 20.2 Å². The molecule has 4 heteroatoms. The second-order valence-electron chi connectivity index (χ2n) is 4.98. The van der Waals surface area contributed by atoms with Crippen molar-refractivity contribution in [3.8, 4) is 0 Å². The number of hydrogen-bond donors (Lipinski definition) is 1. The van der Waals surface area contributed by atoms with Crippen LogP contribution in [0.1, 0.15) is 32.1 Å². The number of hydrogen-bond acceptors (Lipinski definition) is 3. The van der Waals surface area contributed by atoms with Crippen LogP contribution in [0.3, 0.4) is 0 Å². The van der Waals surface area contributed by atoms with Gasteiger partial charge in [-0.1, -0.05) is 0 Å². The predicted octanol–water partition coefficient (Wildman–Crippen LogP) is 0.751. The zero-order valence-corrected chi connectivity index (χ0v) is 10.0. The van der Waals surface area contributed by atoms with Gasteiger partial charge in [0.15, 0.2) is 0 Å². The molecule has 0 aromatic rings. The summed E-state index contributed by atoms with van der Waals surface area (Å²) in [5.41, 5.74) is 5.74. The van der Waals surface area contributed by atoms with Gasteiger partial charge in [0.1, 0.15) is 0 Å². The molecule has 1 amide bonds. The van der Waals surface area contributed by atoms with Crippen molar-refractivity contribution in [3.63, 3.8) is 0 Å². The first-order chi connectivity index (χ1) is 7.72. The molecule has 2 rings (SSSR count). The van der Waals surface area contributed by atoms with Gasteiger partial charge in [0.05, 0.1) is 12.5 Å². The minimum atomic E-state index is 0.146. The Bertz CT molecular complexity index is 247. The van der Waals surface area contributed by atoms with Crippen LogP contribution in [-0.2, 0) is 9.53 Å². The number of likely N-dealkylation sites (N-methyl/N-ethyl adjacent to an activating group) is 1. The van der Waals surface area contributed by atoms with Gasteiger partial charge < -0.3 is 15.4 Å². The predicted molar refractivity (Wildman–Crippen MR) is 61.9 cm³/mol. The van der Waals surface area contributed by atoms with Gasteiger partial charge in [0.25, 0.3) is 0 Å². The van der Waals surface area contributed by atoms with Crippen LogP contribution in [0.25, 0.3) is 0 Å². The molecule has 0 aromatic heterocycles. The Morgan fingerprint density at radius 2 is 2.25 bits per heavy atom. The van der Waals surface area contributed by atoms with Gasteiger partial charge in [0.2, 0.25) is 5.91 Å². The van der Waals surface area contributed by atoms with E-state index in [-0.39, 0.29) is 18.1 Å². The summed E-state index contributed by atoms with van der Waals surface area (Å²) in [6.07, 6.45) is 5.23. The molecule has 0 spiro atoms. The average molecular weight is 226 g/mol. The van der Waals surface area contributed by atoms with Gasteiger partial charge in [-0.3, -0.25) is 4.79 Å². The van der Waals surface area contributed by atoms with Gasteiger partial charge in [-0.2, -0.15) is 0 Å². The normalized spacial score (nSPS) is 26.8. The Labute approximate surface area is 97.1 Å². The molecular formula is C12H22N2O2. The molecule has 2 fully saturated rings. The third-order valence-electron chi connectivity index (χ3n) is 3.72. The molecule has 0 bridgehead atoms. The van der Waals surface area contributed by atoms with Crippen molar-refractivity contribution in [1.82, 2.24) is 4.90 Å². The minimum absolute atomic E-state index is 0.146. The molecule has 0 aromatic carbocycles. The van der Waals surface area contributed by atoms with E-state index in [2.05, 4.69) is 0 Å². The largest absolute Gasteiger partial charge is 0.378 e. The first kappa shape index (κ1) is 11.9. The van der Waals surface area contributed by atoms with E-state index in [4.69, 9.17) is 10.5 Å². The van der Waals surface area contributed by atoms with Crippen LogP contribution in [-0.4, -0.2) is 43.2 Å². The standard InChI is InChI=1S/C12H22N2O2/c1-14(11(8-13)9-4-5-9)12(15)7-10-3-2-6-16-10/h9-11H,2-8,13H2,1H3. The van der Waals surface area contributed by atoms with E-state index in [1.165, 1.54) is 12.8 Å². The molecular weight excluding hydrogens is 204 g/mol. The molecule has 92 valence electrons. The summed E-state index contributed by atoms with van der Waals surface area (Å²) in [5, 5.41) is 0. The van der Waals surface area contributed by atoms with Crippen LogP contribution in [0.15, 0.2) is 0 Å². The molecule has 2 unspecified atom stereocenters. The fourth-order valence-corrected chi connectivity index (χ4v) is 2.48. The van der Waals surface area contributed by atoms with E-state index in [1.807, 2.05) is 11.9 Å². The number of nitrogens with two attached hydrogens (primary N) is 1. The monoisotopic (exact) mass is 226 g/mol. The Hall–Kier alpha value is -0.610. The molecule has 1 heterocycles. The SMILES string of the molecule is CN(C(=O)CC1CCCO1)C(CN)C1CC1. The zero-order valence-electron chi connectivity index (χ0n) is 10.0. The summed E-state index contributed by atoms with van der Waals surface area (Å²) in [6.45, 7) is 1.39. The smallest absolute Gasteiger partial charge is 0.225 e. The Kier molecular flexibility index (Phi) is 3.82. The van der Waals surface area contributed by atoms with Crippen molar-refractivity contribution in [3.05, 3.63) is 0 Å². The van der Waals surface area contributed by atoms with Gasteiger partial charge >= 0.3 is 0 Å². The zero-order chi connectivity index (χ0) is 11.5. The number of carbonyl (C=O) groups is 1. The molecule has 2 aliphatic rings. The van der Waals surface area contributed by atoms with Gasteiger partial charge in [-0.25, -0.2) is 0 Å². The third kappa shape index (κ3) is 2.74. The van der Waals surface area contributed by atoms with Gasteiger partial charge in [-0.05, 0) is 31.6 Å². The van der Waals surface area contributed by atoms with Crippen LogP contribution >= 0.6 is 0 Å². The number of rotatable bonds is 5. The van der Waals surface area contributed by atoms with E-state index in [0.717, 1.165) is 19.4 Å². The summed E-state index contributed by atoms with van der Waals surface area (Å²) < 4.78 is 5.48. The maximum atomic E-state index is 12.0. The number of ether oxygens (including phenoxy) is 1. The highest BCUT2D eigenvalue weighted by Crippen LogP contribution is 2.34. The Morgan fingerprint density at radius 1 is 1.50 bits per heavy atom. The molecule has 1 aliphatic carbocycles.